The van der Waals surface area contributed by atoms with E-state index in [9.17, 15) is 5.11 Å². The van der Waals surface area contributed by atoms with Crippen LogP contribution in [-0.2, 0) is 5.75 Å². The monoisotopic (exact) mass is 396 g/mol. The Bertz CT molecular complexity index is 1030. The van der Waals surface area contributed by atoms with Crippen molar-refractivity contribution < 1.29 is 5.11 Å². The molecule has 0 saturated carbocycles. The van der Waals surface area contributed by atoms with E-state index in [4.69, 9.17) is 0 Å². The van der Waals surface area contributed by atoms with E-state index in [-0.39, 0.29) is 5.75 Å². The minimum atomic E-state index is 0.206. The van der Waals surface area contributed by atoms with Crippen LogP contribution >= 0.6 is 23.1 Å². The first-order valence-corrected chi connectivity index (χ1v) is 10.0. The number of thioether (sulfide) groups is 1. The number of phenols is 1. The molecule has 2 heterocycles. The quantitative estimate of drug-likeness (QED) is 0.473. The zero-order valence-electron chi connectivity index (χ0n) is 14.4. The predicted octanol–water partition coefficient (Wildman–Crippen LogP) is 4.17. The van der Waals surface area contributed by atoms with Gasteiger partial charge in [-0.15, -0.1) is 16.4 Å². The summed E-state index contributed by atoms with van der Waals surface area (Å²) in [5.41, 5.74) is 3.99. The van der Waals surface area contributed by atoms with Crippen LogP contribution in [0.4, 0.5) is 10.8 Å². The lowest BCUT2D eigenvalue weighted by atomic mass is 10.2. The number of tetrazole rings is 1. The van der Waals surface area contributed by atoms with Crippen LogP contribution in [0.3, 0.4) is 0 Å². The number of aromatic nitrogens is 5. The van der Waals surface area contributed by atoms with Crippen LogP contribution in [0.5, 0.6) is 5.75 Å². The molecule has 2 aromatic heterocycles. The van der Waals surface area contributed by atoms with Crippen molar-refractivity contribution >= 4 is 33.9 Å². The van der Waals surface area contributed by atoms with E-state index in [1.165, 1.54) is 17.3 Å². The highest BCUT2D eigenvalue weighted by Crippen LogP contribution is 2.27. The molecule has 0 aliphatic rings. The molecule has 4 aromatic rings. The molecule has 0 radical (unpaired) electrons. The van der Waals surface area contributed by atoms with Crippen LogP contribution in [0.15, 0.2) is 59.1 Å². The SMILES string of the molecule is Cc1ccc(Nc2nc(CSc3nnnn3-c3ccc(O)cc3)cs2)cc1. The number of hydrogen-bond acceptors (Lipinski definition) is 8. The third-order valence-corrected chi connectivity index (χ3v) is 5.50. The molecule has 4 rings (SSSR count). The number of phenolic OH excluding ortho intramolecular Hbond substituents is 1. The second kappa shape index (κ2) is 7.77. The summed E-state index contributed by atoms with van der Waals surface area (Å²) in [5.74, 6) is 0.863. The van der Waals surface area contributed by atoms with Crippen LogP contribution in [0.2, 0.25) is 0 Å². The number of rotatable bonds is 6. The molecule has 0 unspecified atom stereocenters. The number of nitrogens with one attached hydrogen (secondary N) is 1. The summed E-state index contributed by atoms with van der Waals surface area (Å²) in [6.07, 6.45) is 0. The second-order valence-corrected chi connectivity index (χ2v) is 7.61. The lowest BCUT2D eigenvalue weighted by Crippen LogP contribution is -1.98. The normalized spacial score (nSPS) is 10.9. The largest absolute Gasteiger partial charge is 0.508 e. The zero-order chi connectivity index (χ0) is 18.6. The summed E-state index contributed by atoms with van der Waals surface area (Å²) in [6, 6.07) is 15.0. The van der Waals surface area contributed by atoms with Crippen LogP contribution in [-0.4, -0.2) is 30.3 Å². The third-order valence-electron chi connectivity index (χ3n) is 3.74. The summed E-state index contributed by atoms with van der Waals surface area (Å²) < 4.78 is 1.64. The summed E-state index contributed by atoms with van der Waals surface area (Å²) in [6.45, 7) is 2.06. The van der Waals surface area contributed by atoms with Crippen molar-refractivity contribution in [2.45, 2.75) is 17.8 Å². The van der Waals surface area contributed by atoms with Gasteiger partial charge >= 0.3 is 0 Å². The molecule has 0 amide bonds. The van der Waals surface area contributed by atoms with E-state index < -0.39 is 0 Å². The van der Waals surface area contributed by atoms with Gasteiger partial charge in [0.05, 0.1) is 11.4 Å². The third kappa shape index (κ3) is 4.26. The van der Waals surface area contributed by atoms with E-state index in [0.29, 0.717) is 10.9 Å². The van der Waals surface area contributed by atoms with Gasteiger partial charge in [-0.1, -0.05) is 29.5 Å². The molecule has 0 aliphatic heterocycles. The molecule has 0 spiro atoms. The van der Waals surface area contributed by atoms with Gasteiger partial charge in [-0.2, -0.15) is 4.68 Å². The number of hydrogen-bond donors (Lipinski definition) is 2. The van der Waals surface area contributed by atoms with Crippen molar-refractivity contribution in [3.63, 3.8) is 0 Å². The summed E-state index contributed by atoms with van der Waals surface area (Å²) >= 11 is 3.07. The number of thiazole rings is 1. The van der Waals surface area contributed by atoms with Gasteiger partial charge in [0, 0.05) is 16.8 Å². The van der Waals surface area contributed by atoms with Gasteiger partial charge in [0.25, 0.3) is 0 Å². The molecule has 27 heavy (non-hydrogen) atoms. The van der Waals surface area contributed by atoms with Gasteiger partial charge in [-0.05, 0) is 53.7 Å². The number of nitrogens with zero attached hydrogens (tertiary/aromatic N) is 5. The van der Waals surface area contributed by atoms with Crippen molar-refractivity contribution in [2.75, 3.05) is 5.32 Å². The van der Waals surface area contributed by atoms with Crippen molar-refractivity contribution in [2.24, 2.45) is 0 Å². The van der Waals surface area contributed by atoms with Gasteiger partial charge in [-0.3, -0.25) is 0 Å². The zero-order valence-corrected chi connectivity index (χ0v) is 16.0. The lowest BCUT2D eigenvalue weighted by Gasteiger charge is -2.04. The van der Waals surface area contributed by atoms with Gasteiger partial charge < -0.3 is 10.4 Å². The smallest absolute Gasteiger partial charge is 0.214 e. The Morgan fingerprint density at radius 2 is 1.89 bits per heavy atom. The molecular formula is C18H16N6OS2. The Balaban J connectivity index is 1.41. The van der Waals surface area contributed by atoms with Gasteiger partial charge in [0.1, 0.15) is 5.75 Å². The highest BCUT2D eigenvalue weighted by Gasteiger charge is 2.11. The maximum absolute atomic E-state index is 9.42. The van der Waals surface area contributed by atoms with Crippen molar-refractivity contribution in [1.82, 2.24) is 25.2 Å². The topological polar surface area (TPSA) is 88.8 Å². The fourth-order valence-electron chi connectivity index (χ4n) is 2.35. The van der Waals surface area contributed by atoms with Crippen molar-refractivity contribution in [3.8, 4) is 11.4 Å². The predicted molar refractivity (Wildman–Crippen MR) is 107 cm³/mol. The maximum Gasteiger partial charge on any atom is 0.214 e. The van der Waals surface area contributed by atoms with Gasteiger partial charge in [-0.25, -0.2) is 4.98 Å². The average Bonchev–Trinajstić information content (AvgIpc) is 3.32. The minimum absolute atomic E-state index is 0.206. The molecule has 9 heteroatoms. The van der Waals surface area contributed by atoms with Crippen molar-refractivity contribution in [1.29, 1.82) is 0 Å². The Morgan fingerprint density at radius 1 is 1.11 bits per heavy atom. The van der Waals surface area contributed by atoms with E-state index in [1.54, 1.807) is 40.3 Å². The van der Waals surface area contributed by atoms with Gasteiger partial charge in [0.2, 0.25) is 5.16 Å². The van der Waals surface area contributed by atoms with E-state index in [0.717, 1.165) is 22.2 Å². The first-order chi connectivity index (χ1) is 13.2. The Morgan fingerprint density at radius 3 is 2.67 bits per heavy atom. The molecular weight excluding hydrogens is 380 g/mol. The Hall–Kier alpha value is -2.91. The first kappa shape index (κ1) is 17.5. The van der Waals surface area contributed by atoms with E-state index in [1.807, 2.05) is 17.5 Å². The maximum atomic E-state index is 9.42. The molecule has 2 N–H and O–H groups in total. The number of anilines is 2. The molecule has 7 nitrogen and oxygen atoms in total. The second-order valence-electron chi connectivity index (χ2n) is 5.81. The molecule has 0 atom stereocenters. The fraction of sp³-hybridized carbons (Fsp3) is 0.111. The number of aryl methyl sites for hydroxylation is 1. The van der Waals surface area contributed by atoms with Crippen LogP contribution in [0.25, 0.3) is 5.69 Å². The highest BCUT2D eigenvalue weighted by atomic mass is 32.2. The Labute approximate surface area is 164 Å². The summed E-state index contributed by atoms with van der Waals surface area (Å²) in [7, 11) is 0. The summed E-state index contributed by atoms with van der Waals surface area (Å²) in [5, 5.41) is 28.1. The van der Waals surface area contributed by atoms with Gasteiger partial charge in [0.15, 0.2) is 5.13 Å². The fourth-order valence-corrected chi connectivity index (χ4v) is 3.97. The molecule has 2 aromatic carbocycles. The average molecular weight is 397 g/mol. The molecule has 136 valence electrons. The minimum Gasteiger partial charge on any atom is -0.508 e. The molecule has 0 saturated heterocycles. The molecule has 0 bridgehead atoms. The standard InChI is InChI=1S/C18H16N6OS2/c1-12-2-4-13(5-3-12)19-17-20-14(10-26-17)11-27-18-21-22-23-24(18)15-6-8-16(25)9-7-15/h2-10,25H,11H2,1H3,(H,19,20). The van der Waals surface area contributed by atoms with Crippen LogP contribution in [0.1, 0.15) is 11.3 Å². The highest BCUT2D eigenvalue weighted by molar-refractivity contribution is 7.98. The van der Waals surface area contributed by atoms with Crippen molar-refractivity contribution in [3.05, 3.63) is 65.2 Å². The van der Waals surface area contributed by atoms with E-state index in [2.05, 4.69) is 44.9 Å². The van der Waals surface area contributed by atoms with Crippen LogP contribution in [0, 0.1) is 6.92 Å². The molecule has 0 aliphatic carbocycles. The summed E-state index contributed by atoms with van der Waals surface area (Å²) in [4.78, 5) is 4.62. The molecule has 0 fully saturated rings. The lowest BCUT2D eigenvalue weighted by molar-refractivity contribution is 0.475. The van der Waals surface area contributed by atoms with E-state index >= 15 is 0 Å². The number of aromatic hydroxyl groups is 1. The number of benzene rings is 2. The first-order valence-electron chi connectivity index (χ1n) is 8.16. The Kier molecular flexibility index (Phi) is 5.03. The van der Waals surface area contributed by atoms with Crippen LogP contribution < -0.4 is 5.32 Å².